The van der Waals surface area contributed by atoms with E-state index in [-0.39, 0.29) is 0 Å². The van der Waals surface area contributed by atoms with Crippen LogP contribution in [0.25, 0.3) is 22.0 Å². The largest absolute Gasteiger partial charge is 0.252 e. The third-order valence-corrected chi connectivity index (χ3v) is 3.85. The SMILES string of the molecule is Cc1ccc2c(C)nc(-c3ccc(Br)cc3)cc2c1. The summed E-state index contributed by atoms with van der Waals surface area (Å²) in [7, 11) is 0. The van der Waals surface area contributed by atoms with Gasteiger partial charge in [0.25, 0.3) is 0 Å². The lowest BCUT2D eigenvalue weighted by Gasteiger charge is -2.07. The van der Waals surface area contributed by atoms with E-state index < -0.39 is 0 Å². The van der Waals surface area contributed by atoms with Crippen molar-refractivity contribution in [2.45, 2.75) is 13.8 Å². The topological polar surface area (TPSA) is 12.9 Å². The first-order chi connectivity index (χ1) is 9.13. The molecule has 0 unspecified atom stereocenters. The van der Waals surface area contributed by atoms with Gasteiger partial charge in [0.1, 0.15) is 0 Å². The third-order valence-electron chi connectivity index (χ3n) is 3.32. The Morgan fingerprint density at radius 2 is 1.63 bits per heavy atom. The second-order valence-corrected chi connectivity index (χ2v) is 5.74. The number of aromatic nitrogens is 1. The molecule has 2 aromatic carbocycles. The quantitative estimate of drug-likeness (QED) is 0.595. The molecule has 0 saturated carbocycles. The summed E-state index contributed by atoms with van der Waals surface area (Å²) in [6.07, 6.45) is 0. The van der Waals surface area contributed by atoms with E-state index in [9.17, 15) is 0 Å². The number of halogens is 1. The normalized spacial score (nSPS) is 10.9. The van der Waals surface area contributed by atoms with Gasteiger partial charge in [-0.3, -0.25) is 4.98 Å². The van der Waals surface area contributed by atoms with Crippen LogP contribution in [0, 0.1) is 13.8 Å². The molecule has 0 fully saturated rings. The third kappa shape index (κ3) is 2.41. The maximum absolute atomic E-state index is 4.72. The molecule has 0 atom stereocenters. The van der Waals surface area contributed by atoms with Gasteiger partial charge in [-0.2, -0.15) is 0 Å². The predicted molar refractivity (Wildman–Crippen MR) is 84.4 cm³/mol. The standard InChI is InChI=1S/C17H14BrN/c1-11-3-8-16-12(2)19-17(10-14(16)9-11)13-4-6-15(18)7-5-13/h3-10H,1-2H3. The monoisotopic (exact) mass is 311 g/mol. The van der Waals surface area contributed by atoms with Gasteiger partial charge in [-0.15, -0.1) is 0 Å². The molecule has 3 rings (SSSR count). The van der Waals surface area contributed by atoms with Crippen molar-refractivity contribution in [2.75, 3.05) is 0 Å². The van der Waals surface area contributed by atoms with Crippen LogP contribution < -0.4 is 0 Å². The van der Waals surface area contributed by atoms with Gasteiger partial charge in [0.2, 0.25) is 0 Å². The molecule has 1 aromatic heterocycles. The molecule has 0 amide bonds. The van der Waals surface area contributed by atoms with Crippen molar-refractivity contribution >= 4 is 26.7 Å². The van der Waals surface area contributed by atoms with Crippen LogP contribution in [0.5, 0.6) is 0 Å². The molecule has 0 aliphatic heterocycles. The molecule has 0 aliphatic carbocycles. The van der Waals surface area contributed by atoms with E-state index in [0.717, 1.165) is 21.4 Å². The maximum Gasteiger partial charge on any atom is 0.0711 e. The van der Waals surface area contributed by atoms with Crippen LogP contribution in [0.3, 0.4) is 0 Å². The Morgan fingerprint density at radius 3 is 2.37 bits per heavy atom. The summed E-state index contributed by atoms with van der Waals surface area (Å²) in [6.45, 7) is 4.19. The van der Waals surface area contributed by atoms with Crippen molar-refractivity contribution < 1.29 is 0 Å². The number of fused-ring (bicyclic) bond motifs is 1. The smallest absolute Gasteiger partial charge is 0.0711 e. The van der Waals surface area contributed by atoms with Crippen LogP contribution in [-0.4, -0.2) is 4.98 Å². The highest BCUT2D eigenvalue weighted by atomic mass is 79.9. The molecule has 1 heterocycles. The van der Waals surface area contributed by atoms with Crippen molar-refractivity contribution in [3.8, 4) is 11.3 Å². The Labute approximate surface area is 121 Å². The van der Waals surface area contributed by atoms with Crippen LogP contribution in [-0.2, 0) is 0 Å². The van der Waals surface area contributed by atoms with Crippen molar-refractivity contribution in [1.29, 1.82) is 0 Å². The average Bonchev–Trinajstić information content (AvgIpc) is 2.38. The molecule has 3 aromatic rings. The van der Waals surface area contributed by atoms with Crippen molar-refractivity contribution in [2.24, 2.45) is 0 Å². The van der Waals surface area contributed by atoms with Gasteiger partial charge in [0.15, 0.2) is 0 Å². The molecule has 0 spiro atoms. The molecule has 0 saturated heterocycles. The van der Waals surface area contributed by atoms with E-state index in [2.05, 4.69) is 66.2 Å². The number of pyridine rings is 1. The summed E-state index contributed by atoms with van der Waals surface area (Å²) in [4.78, 5) is 4.72. The number of rotatable bonds is 1. The summed E-state index contributed by atoms with van der Waals surface area (Å²) < 4.78 is 1.09. The first-order valence-electron chi connectivity index (χ1n) is 6.27. The Hall–Kier alpha value is -1.67. The Morgan fingerprint density at radius 1 is 0.895 bits per heavy atom. The fraction of sp³-hybridized carbons (Fsp3) is 0.118. The highest BCUT2D eigenvalue weighted by Crippen LogP contribution is 2.26. The van der Waals surface area contributed by atoms with E-state index in [4.69, 9.17) is 4.98 Å². The van der Waals surface area contributed by atoms with Crippen LogP contribution in [0.2, 0.25) is 0 Å². The molecule has 2 heteroatoms. The Bertz CT molecular complexity index is 745. The summed E-state index contributed by atoms with van der Waals surface area (Å²) in [5, 5.41) is 2.48. The van der Waals surface area contributed by atoms with Crippen molar-refractivity contribution in [3.05, 3.63) is 64.3 Å². The summed E-state index contributed by atoms with van der Waals surface area (Å²) >= 11 is 3.46. The van der Waals surface area contributed by atoms with E-state index in [1.54, 1.807) is 0 Å². The molecule has 94 valence electrons. The molecule has 0 aliphatic rings. The van der Waals surface area contributed by atoms with Crippen LogP contribution >= 0.6 is 15.9 Å². The maximum atomic E-state index is 4.72. The fourth-order valence-corrected chi connectivity index (χ4v) is 2.58. The zero-order valence-corrected chi connectivity index (χ0v) is 12.5. The minimum atomic E-state index is 1.03. The summed E-state index contributed by atoms with van der Waals surface area (Å²) in [5.41, 5.74) is 4.54. The first kappa shape index (κ1) is 12.4. The van der Waals surface area contributed by atoms with Gasteiger partial charge in [0.05, 0.1) is 5.69 Å². The molecular weight excluding hydrogens is 298 g/mol. The van der Waals surface area contributed by atoms with Crippen LogP contribution in [0.15, 0.2) is 53.0 Å². The van der Waals surface area contributed by atoms with E-state index >= 15 is 0 Å². The minimum absolute atomic E-state index is 1.03. The molecule has 19 heavy (non-hydrogen) atoms. The van der Waals surface area contributed by atoms with Gasteiger partial charge in [0, 0.05) is 21.1 Å². The summed E-state index contributed by atoms with van der Waals surface area (Å²) in [5.74, 6) is 0. The fourth-order valence-electron chi connectivity index (χ4n) is 2.32. The minimum Gasteiger partial charge on any atom is -0.252 e. The van der Waals surface area contributed by atoms with Crippen molar-refractivity contribution in [3.63, 3.8) is 0 Å². The lowest BCUT2D eigenvalue weighted by atomic mass is 10.0. The number of hydrogen-bond acceptors (Lipinski definition) is 1. The zero-order valence-electron chi connectivity index (χ0n) is 10.9. The van der Waals surface area contributed by atoms with Gasteiger partial charge in [-0.25, -0.2) is 0 Å². The molecule has 0 bridgehead atoms. The molecular formula is C17H14BrN. The van der Waals surface area contributed by atoms with Crippen LogP contribution in [0.1, 0.15) is 11.3 Å². The van der Waals surface area contributed by atoms with E-state index in [1.807, 2.05) is 12.1 Å². The molecule has 0 N–H and O–H groups in total. The highest BCUT2D eigenvalue weighted by Gasteiger charge is 2.05. The van der Waals surface area contributed by atoms with Crippen molar-refractivity contribution in [1.82, 2.24) is 4.98 Å². The van der Waals surface area contributed by atoms with E-state index in [0.29, 0.717) is 0 Å². The lowest BCUT2D eigenvalue weighted by Crippen LogP contribution is -1.90. The van der Waals surface area contributed by atoms with Gasteiger partial charge < -0.3 is 0 Å². The zero-order chi connectivity index (χ0) is 13.4. The number of nitrogens with zero attached hydrogens (tertiary/aromatic N) is 1. The average molecular weight is 312 g/mol. The van der Waals surface area contributed by atoms with E-state index in [1.165, 1.54) is 16.3 Å². The Balaban J connectivity index is 2.22. The van der Waals surface area contributed by atoms with Crippen LogP contribution in [0.4, 0.5) is 0 Å². The number of benzene rings is 2. The second kappa shape index (κ2) is 4.78. The highest BCUT2D eigenvalue weighted by molar-refractivity contribution is 9.10. The Kier molecular flexibility index (Phi) is 3.11. The van der Waals surface area contributed by atoms with Gasteiger partial charge in [-0.05, 0) is 37.4 Å². The van der Waals surface area contributed by atoms with Gasteiger partial charge >= 0.3 is 0 Å². The molecule has 0 radical (unpaired) electrons. The van der Waals surface area contributed by atoms with Gasteiger partial charge in [-0.1, -0.05) is 51.8 Å². The second-order valence-electron chi connectivity index (χ2n) is 4.82. The number of aryl methyl sites for hydroxylation is 2. The lowest BCUT2D eigenvalue weighted by molar-refractivity contribution is 1.24. The molecule has 1 nitrogen and oxygen atoms in total. The predicted octanol–water partition coefficient (Wildman–Crippen LogP) is 5.28. The first-order valence-corrected chi connectivity index (χ1v) is 7.07. The summed E-state index contributed by atoms with van der Waals surface area (Å²) in [6, 6.07) is 16.9. The number of hydrogen-bond donors (Lipinski definition) is 0.